The lowest BCUT2D eigenvalue weighted by atomic mass is 9.82. The van der Waals surface area contributed by atoms with E-state index in [1.807, 2.05) is 0 Å². The fraction of sp³-hybridized carbons (Fsp3) is 0.667. The van der Waals surface area contributed by atoms with Crippen molar-refractivity contribution in [3.8, 4) is 0 Å². The van der Waals surface area contributed by atoms with E-state index in [2.05, 4.69) is 60.5 Å². The third-order valence-corrected chi connectivity index (χ3v) is 5.42. The van der Waals surface area contributed by atoms with E-state index in [4.69, 9.17) is 0 Å². The van der Waals surface area contributed by atoms with Crippen LogP contribution in [0.2, 0.25) is 0 Å². The molecule has 116 valence electrons. The lowest BCUT2D eigenvalue weighted by molar-refractivity contribution is 0.0712. The van der Waals surface area contributed by atoms with Gasteiger partial charge in [0.25, 0.3) is 0 Å². The molecule has 0 bridgehead atoms. The van der Waals surface area contributed by atoms with Gasteiger partial charge in [0, 0.05) is 24.7 Å². The Balaban J connectivity index is 1.79. The lowest BCUT2D eigenvalue weighted by Crippen LogP contribution is -2.53. The highest BCUT2D eigenvalue weighted by Gasteiger charge is 2.35. The summed E-state index contributed by atoms with van der Waals surface area (Å²) in [5.74, 6) is 0. The van der Waals surface area contributed by atoms with Crippen molar-refractivity contribution < 1.29 is 0 Å². The van der Waals surface area contributed by atoms with Crippen LogP contribution in [0.4, 0.5) is 0 Å². The molecule has 1 N–H and O–H groups in total. The number of hydrogen-bond donors (Lipinski definition) is 1. The first-order valence-electron chi connectivity index (χ1n) is 8.36. The standard InChI is InChI=1S/C18H29N3/c1-19-18-16-9-5-4-7-14(16)10-11-17(18)21-12-6-8-15(13-21)20(2)3/h4-5,7,9,15,17-19H,6,8,10-13H2,1-3H3. The molecule has 1 aromatic carbocycles. The molecule has 1 aromatic rings. The van der Waals surface area contributed by atoms with Gasteiger partial charge in [0.15, 0.2) is 0 Å². The number of nitrogens with one attached hydrogen (secondary N) is 1. The smallest absolute Gasteiger partial charge is 0.0478 e. The number of nitrogens with zero attached hydrogens (tertiary/aromatic N) is 2. The van der Waals surface area contributed by atoms with Crippen LogP contribution in [0.5, 0.6) is 0 Å². The summed E-state index contributed by atoms with van der Waals surface area (Å²) in [6.45, 7) is 2.48. The summed E-state index contributed by atoms with van der Waals surface area (Å²) in [5.41, 5.74) is 3.05. The molecular weight excluding hydrogens is 258 g/mol. The normalized spacial score (nSPS) is 30.4. The molecule has 0 amide bonds. The Kier molecular flexibility index (Phi) is 4.63. The number of aryl methyl sites for hydroxylation is 1. The second kappa shape index (κ2) is 6.47. The minimum atomic E-state index is 0.482. The molecule has 3 rings (SSSR count). The summed E-state index contributed by atoms with van der Waals surface area (Å²) in [5, 5.41) is 3.60. The van der Waals surface area contributed by atoms with Crippen LogP contribution in [-0.2, 0) is 6.42 Å². The van der Waals surface area contributed by atoms with Crippen LogP contribution in [0, 0.1) is 0 Å². The number of piperidine rings is 1. The zero-order valence-corrected chi connectivity index (χ0v) is 13.7. The Morgan fingerprint density at radius 1 is 1.19 bits per heavy atom. The quantitative estimate of drug-likeness (QED) is 0.920. The molecular formula is C18H29N3. The van der Waals surface area contributed by atoms with E-state index >= 15 is 0 Å². The second-order valence-corrected chi connectivity index (χ2v) is 6.83. The van der Waals surface area contributed by atoms with Gasteiger partial charge in [-0.2, -0.15) is 0 Å². The molecule has 3 nitrogen and oxygen atoms in total. The van der Waals surface area contributed by atoms with Gasteiger partial charge in [0.05, 0.1) is 0 Å². The average molecular weight is 287 g/mol. The third kappa shape index (κ3) is 3.01. The van der Waals surface area contributed by atoms with Crippen LogP contribution in [0.1, 0.15) is 36.4 Å². The topological polar surface area (TPSA) is 18.5 Å². The van der Waals surface area contributed by atoms with Crippen molar-refractivity contribution in [2.24, 2.45) is 0 Å². The van der Waals surface area contributed by atoms with Crippen molar-refractivity contribution in [2.45, 2.75) is 43.8 Å². The molecule has 1 fully saturated rings. The molecule has 1 heterocycles. The van der Waals surface area contributed by atoms with E-state index in [9.17, 15) is 0 Å². The monoisotopic (exact) mass is 287 g/mol. The first-order valence-corrected chi connectivity index (χ1v) is 8.36. The Bertz CT molecular complexity index is 471. The molecule has 3 heteroatoms. The highest BCUT2D eigenvalue weighted by atomic mass is 15.2. The summed E-state index contributed by atoms with van der Waals surface area (Å²) in [4.78, 5) is 5.14. The molecule has 1 aliphatic heterocycles. The summed E-state index contributed by atoms with van der Waals surface area (Å²) < 4.78 is 0. The zero-order chi connectivity index (χ0) is 14.8. The zero-order valence-electron chi connectivity index (χ0n) is 13.7. The third-order valence-electron chi connectivity index (χ3n) is 5.42. The van der Waals surface area contributed by atoms with Gasteiger partial charge in [0.1, 0.15) is 0 Å². The molecule has 3 atom stereocenters. The van der Waals surface area contributed by atoms with Gasteiger partial charge in [-0.05, 0) is 64.5 Å². The number of fused-ring (bicyclic) bond motifs is 1. The van der Waals surface area contributed by atoms with Gasteiger partial charge >= 0.3 is 0 Å². The molecule has 0 spiro atoms. The van der Waals surface area contributed by atoms with Crippen molar-refractivity contribution in [1.29, 1.82) is 0 Å². The van der Waals surface area contributed by atoms with Crippen LogP contribution in [0.3, 0.4) is 0 Å². The van der Waals surface area contributed by atoms with E-state index in [0.29, 0.717) is 18.1 Å². The van der Waals surface area contributed by atoms with Crippen molar-refractivity contribution >= 4 is 0 Å². The fourth-order valence-electron chi connectivity index (χ4n) is 4.19. The summed E-state index contributed by atoms with van der Waals surface area (Å²) in [6.07, 6.45) is 5.18. The van der Waals surface area contributed by atoms with Crippen molar-refractivity contribution in [3.63, 3.8) is 0 Å². The average Bonchev–Trinajstić information content (AvgIpc) is 2.53. The molecule has 0 aromatic heterocycles. The van der Waals surface area contributed by atoms with Gasteiger partial charge in [0.2, 0.25) is 0 Å². The largest absolute Gasteiger partial charge is 0.312 e. The summed E-state index contributed by atoms with van der Waals surface area (Å²) in [6, 6.07) is 10.8. The van der Waals surface area contributed by atoms with Crippen LogP contribution in [0.15, 0.2) is 24.3 Å². The van der Waals surface area contributed by atoms with Gasteiger partial charge in [-0.3, -0.25) is 4.90 Å². The van der Waals surface area contributed by atoms with Crippen LogP contribution in [-0.4, -0.2) is 56.1 Å². The molecule has 1 saturated heterocycles. The molecule has 0 radical (unpaired) electrons. The summed E-state index contributed by atoms with van der Waals surface area (Å²) in [7, 11) is 6.56. The van der Waals surface area contributed by atoms with Gasteiger partial charge in [-0.1, -0.05) is 24.3 Å². The molecule has 3 unspecified atom stereocenters. The predicted molar refractivity (Wildman–Crippen MR) is 88.6 cm³/mol. The molecule has 2 aliphatic rings. The van der Waals surface area contributed by atoms with E-state index < -0.39 is 0 Å². The maximum Gasteiger partial charge on any atom is 0.0478 e. The first kappa shape index (κ1) is 15.0. The van der Waals surface area contributed by atoms with E-state index in [1.165, 1.54) is 49.9 Å². The number of rotatable bonds is 3. The number of likely N-dealkylation sites (N-methyl/N-ethyl adjacent to an activating group) is 2. The predicted octanol–water partition coefficient (Wildman–Crippen LogP) is 2.29. The van der Waals surface area contributed by atoms with Crippen molar-refractivity contribution in [2.75, 3.05) is 34.2 Å². The van der Waals surface area contributed by atoms with Gasteiger partial charge in [-0.25, -0.2) is 0 Å². The number of likely N-dealkylation sites (tertiary alicyclic amines) is 1. The number of hydrogen-bond acceptors (Lipinski definition) is 3. The SMILES string of the molecule is CNC1c2ccccc2CCC1N1CCCC(N(C)C)C1. The fourth-order valence-corrected chi connectivity index (χ4v) is 4.19. The Morgan fingerprint density at radius 2 is 2.00 bits per heavy atom. The van der Waals surface area contributed by atoms with Crippen LogP contribution in [0.25, 0.3) is 0 Å². The minimum Gasteiger partial charge on any atom is -0.312 e. The maximum atomic E-state index is 3.60. The van der Waals surface area contributed by atoms with Gasteiger partial charge in [-0.15, -0.1) is 0 Å². The van der Waals surface area contributed by atoms with E-state index in [-0.39, 0.29) is 0 Å². The van der Waals surface area contributed by atoms with Crippen molar-refractivity contribution in [3.05, 3.63) is 35.4 Å². The second-order valence-electron chi connectivity index (χ2n) is 6.83. The number of benzene rings is 1. The molecule has 21 heavy (non-hydrogen) atoms. The first-order chi connectivity index (χ1) is 10.2. The Labute approximate surface area is 129 Å². The Morgan fingerprint density at radius 3 is 2.76 bits per heavy atom. The highest BCUT2D eigenvalue weighted by Crippen LogP contribution is 2.34. The summed E-state index contributed by atoms with van der Waals surface area (Å²) >= 11 is 0. The van der Waals surface area contributed by atoms with E-state index in [1.54, 1.807) is 0 Å². The molecule has 1 aliphatic carbocycles. The Hall–Kier alpha value is -0.900. The van der Waals surface area contributed by atoms with E-state index in [0.717, 1.165) is 0 Å². The lowest BCUT2D eigenvalue weighted by Gasteiger charge is -2.45. The minimum absolute atomic E-state index is 0.482. The van der Waals surface area contributed by atoms with Crippen LogP contribution < -0.4 is 5.32 Å². The van der Waals surface area contributed by atoms with Crippen molar-refractivity contribution in [1.82, 2.24) is 15.1 Å². The van der Waals surface area contributed by atoms with Crippen LogP contribution >= 0.6 is 0 Å². The van der Waals surface area contributed by atoms with Gasteiger partial charge < -0.3 is 10.2 Å². The molecule has 0 saturated carbocycles. The highest BCUT2D eigenvalue weighted by molar-refractivity contribution is 5.34. The maximum absolute atomic E-state index is 3.60.